The first-order valence-corrected chi connectivity index (χ1v) is 13.0. The Morgan fingerprint density at radius 2 is 1.10 bits per heavy atom. The number of aryl methyl sites for hydroxylation is 3. The molecule has 1 aliphatic heterocycles. The molecule has 1 fully saturated rings. The van der Waals surface area contributed by atoms with Crippen molar-refractivity contribution in [2.75, 3.05) is 42.7 Å². The van der Waals surface area contributed by atoms with Crippen LogP contribution in [0.4, 0.5) is 21.9 Å². The largest absolute Gasteiger partial charge is 0.360 e. The molecule has 0 radical (unpaired) electrons. The summed E-state index contributed by atoms with van der Waals surface area (Å²) in [6, 6.07) is 21.1. The first-order valence-electron chi connectivity index (χ1n) is 13.0. The molecule has 3 aromatic rings. The molecule has 0 aromatic heterocycles. The summed E-state index contributed by atoms with van der Waals surface area (Å²) < 4.78 is 0. The minimum absolute atomic E-state index is 0.111. The van der Waals surface area contributed by atoms with E-state index in [2.05, 4.69) is 10.6 Å². The van der Waals surface area contributed by atoms with Gasteiger partial charge < -0.3 is 20.4 Å². The maximum Gasteiger partial charge on any atom is 0.333 e. The first kappa shape index (κ1) is 27.4. The summed E-state index contributed by atoms with van der Waals surface area (Å²) in [5.74, 6) is -0.834. The van der Waals surface area contributed by atoms with E-state index < -0.39 is 17.8 Å². The average molecular weight is 526 g/mol. The third-order valence-electron chi connectivity index (χ3n) is 6.69. The number of hydrogen-bond acceptors (Lipinski definition) is 5. The van der Waals surface area contributed by atoms with Crippen molar-refractivity contribution in [2.24, 2.45) is 0 Å². The molecule has 1 saturated heterocycles. The fraction of sp³-hybridized carbons (Fsp3) is 0.258. The highest BCUT2D eigenvalue weighted by Gasteiger charge is 2.36. The number of carbonyl (C=O) groups is 3. The van der Waals surface area contributed by atoms with Gasteiger partial charge in [0.25, 0.3) is 11.8 Å². The average Bonchev–Trinajstić information content (AvgIpc) is 2.90. The molecule has 0 spiro atoms. The Hall–Kier alpha value is -4.59. The van der Waals surface area contributed by atoms with Crippen LogP contribution in [-0.4, -0.2) is 54.8 Å². The van der Waals surface area contributed by atoms with Crippen LogP contribution < -0.4 is 15.5 Å². The van der Waals surface area contributed by atoms with Gasteiger partial charge in [0.15, 0.2) is 0 Å². The predicted octanol–water partition coefficient (Wildman–Crippen LogP) is 5.29. The summed E-state index contributed by atoms with van der Waals surface area (Å²) in [6.45, 7) is 7.19. The van der Waals surface area contributed by atoms with Gasteiger partial charge in [0, 0.05) is 38.6 Å². The molecule has 39 heavy (non-hydrogen) atoms. The van der Waals surface area contributed by atoms with Crippen molar-refractivity contribution in [2.45, 2.75) is 27.2 Å². The van der Waals surface area contributed by atoms with E-state index in [4.69, 9.17) is 0 Å². The summed E-state index contributed by atoms with van der Waals surface area (Å²) in [7, 11) is 3.69. The number of benzene rings is 3. The molecule has 8 heteroatoms. The van der Waals surface area contributed by atoms with Gasteiger partial charge in [0.1, 0.15) is 11.4 Å². The van der Waals surface area contributed by atoms with Gasteiger partial charge in [-0.1, -0.05) is 53.1 Å². The number of imide groups is 1. The van der Waals surface area contributed by atoms with Gasteiger partial charge in [-0.15, -0.1) is 0 Å². The molecule has 202 valence electrons. The highest BCUT2D eigenvalue weighted by Crippen LogP contribution is 2.26. The predicted molar refractivity (Wildman–Crippen MR) is 156 cm³/mol. The van der Waals surface area contributed by atoms with E-state index in [1.165, 1.54) is 0 Å². The standard InChI is InChI=1S/C31H35N5O3/c1-21-7-13-24(14-8-21)32-28(37)27(29-34(4)19-6-20-35(29)5)30(38)36(26-17-11-23(3)12-18-26)31(39)33-25-15-9-22(2)10-16-25/h7-18H,6,19-20H2,1-5H3,(H,32,37)(H,33,39). The number of rotatable bonds is 5. The molecule has 0 atom stereocenters. The molecule has 0 saturated carbocycles. The smallest absolute Gasteiger partial charge is 0.333 e. The molecule has 3 aromatic carbocycles. The SMILES string of the molecule is Cc1ccc(NC(=O)C(C(=O)N(C(=O)Nc2ccc(C)cc2)c2ccc(C)cc2)=C2N(C)CCCN2C)cc1. The lowest BCUT2D eigenvalue weighted by atomic mass is 10.1. The van der Waals surface area contributed by atoms with Crippen molar-refractivity contribution >= 4 is 34.9 Å². The van der Waals surface area contributed by atoms with Gasteiger partial charge in [0.05, 0.1) is 5.69 Å². The summed E-state index contributed by atoms with van der Waals surface area (Å²) >= 11 is 0. The Morgan fingerprint density at radius 3 is 1.59 bits per heavy atom. The number of carbonyl (C=O) groups excluding carboxylic acids is 3. The lowest BCUT2D eigenvalue weighted by Crippen LogP contribution is -2.47. The molecular weight excluding hydrogens is 490 g/mol. The van der Waals surface area contributed by atoms with Crippen LogP contribution in [0, 0.1) is 20.8 Å². The maximum absolute atomic E-state index is 14.4. The van der Waals surface area contributed by atoms with Crippen LogP contribution in [0.15, 0.2) is 84.2 Å². The van der Waals surface area contributed by atoms with Gasteiger partial charge in [-0.3, -0.25) is 9.59 Å². The van der Waals surface area contributed by atoms with Crippen LogP contribution in [0.2, 0.25) is 0 Å². The lowest BCUT2D eigenvalue weighted by Gasteiger charge is -2.38. The van der Waals surface area contributed by atoms with Crippen molar-refractivity contribution in [3.05, 3.63) is 101 Å². The molecule has 0 bridgehead atoms. The normalized spacial score (nSPS) is 13.1. The fourth-order valence-electron chi connectivity index (χ4n) is 4.50. The molecule has 4 amide bonds. The van der Waals surface area contributed by atoms with Crippen molar-refractivity contribution in [1.29, 1.82) is 0 Å². The molecule has 4 rings (SSSR count). The van der Waals surface area contributed by atoms with Gasteiger partial charge in [-0.25, -0.2) is 9.69 Å². The van der Waals surface area contributed by atoms with Gasteiger partial charge >= 0.3 is 6.03 Å². The van der Waals surface area contributed by atoms with E-state index in [1.54, 1.807) is 36.4 Å². The number of nitrogens with zero attached hydrogens (tertiary/aromatic N) is 3. The van der Waals surface area contributed by atoms with Crippen LogP contribution in [0.25, 0.3) is 0 Å². The van der Waals surface area contributed by atoms with E-state index in [1.807, 2.05) is 81.1 Å². The summed E-state index contributed by atoms with van der Waals surface area (Å²) in [6.07, 6.45) is 0.882. The molecule has 2 N–H and O–H groups in total. The highest BCUT2D eigenvalue weighted by atomic mass is 16.2. The Kier molecular flexibility index (Phi) is 8.34. The van der Waals surface area contributed by atoms with Crippen LogP contribution >= 0.6 is 0 Å². The summed E-state index contributed by atoms with van der Waals surface area (Å²) in [4.78, 5) is 46.7. The van der Waals surface area contributed by atoms with Crippen molar-refractivity contribution in [3.63, 3.8) is 0 Å². The minimum Gasteiger partial charge on any atom is -0.360 e. The van der Waals surface area contributed by atoms with E-state index in [9.17, 15) is 14.4 Å². The van der Waals surface area contributed by atoms with E-state index in [-0.39, 0.29) is 5.57 Å². The number of nitrogens with one attached hydrogen (secondary N) is 2. The summed E-state index contributed by atoms with van der Waals surface area (Å²) in [5, 5.41) is 5.69. The number of amides is 4. The molecule has 1 heterocycles. The molecule has 1 aliphatic rings. The molecule has 8 nitrogen and oxygen atoms in total. The first-order chi connectivity index (χ1) is 18.6. The fourth-order valence-corrected chi connectivity index (χ4v) is 4.50. The summed E-state index contributed by atoms with van der Waals surface area (Å²) in [5.41, 5.74) is 4.42. The zero-order chi connectivity index (χ0) is 28.1. The van der Waals surface area contributed by atoms with E-state index >= 15 is 0 Å². The Balaban J connectivity index is 1.80. The molecular formula is C31H35N5O3. The quantitative estimate of drug-likeness (QED) is 0.269. The van der Waals surface area contributed by atoms with Gasteiger partial charge in [-0.2, -0.15) is 0 Å². The number of anilines is 3. The second-order valence-corrected chi connectivity index (χ2v) is 9.99. The third-order valence-corrected chi connectivity index (χ3v) is 6.69. The van der Waals surface area contributed by atoms with E-state index in [0.29, 0.717) is 36.0 Å². The maximum atomic E-state index is 14.4. The number of urea groups is 1. The zero-order valence-electron chi connectivity index (χ0n) is 23.1. The monoisotopic (exact) mass is 525 g/mol. The van der Waals surface area contributed by atoms with Gasteiger partial charge in [0.2, 0.25) is 0 Å². The second-order valence-electron chi connectivity index (χ2n) is 9.99. The Morgan fingerprint density at radius 1 is 0.667 bits per heavy atom. The Labute approximate surface area is 229 Å². The topological polar surface area (TPSA) is 85.0 Å². The minimum atomic E-state index is -0.719. The molecule has 0 aliphatic carbocycles. The van der Waals surface area contributed by atoms with Crippen LogP contribution in [-0.2, 0) is 9.59 Å². The van der Waals surface area contributed by atoms with Crippen molar-refractivity contribution in [1.82, 2.24) is 9.80 Å². The Bertz CT molecular complexity index is 1370. The van der Waals surface area contributed by atoms with E-state index in [0.717, 1.165) is 28.0 Å². The van der Waals surface area contributed by atoms with Crippen LogP contribution in [0.5, 0.6) is 0 Å². The third kappa shape index (κ3) is 6.46. The van der Waals surface area contributed by atoms with Crippen LogP contribution in [0.3, 0.4) is 0 Å². The lowest BCUT2D eigenvalue weighted by molar-refractivity contribution is -0.119. The van der Waals surface area contributed by atoms with Gasteiger partial charge in [-0.05, 0) is 63.6 Å². The van der Waals surface area contributed by atoms with Crippen LogP contribution in [0.1, 0.15) is 23.1 Å². The second kappa shape index (κ2) is 11.9. The highest BCUT2D eigenvalue weighted by molar-refractivity contribution is 6.34. The van der Waals surface area contributed by atoms with Crippen molar-refractivity contribution in [3.8, 4) is 0 Å². The zero-order valence-corrected chi connectivity index (χ0v) is 23.1. The van der Waals surface area contributed by atoms with Crippen molar-refractivity contribution < 1.29 is 14.4 Å². The number of hydrogen-bond donors (Lipinski definition) is 2. The molecule has 0 unspecified atom stereocenters.